The summed E-state index contributed by atoms with van der Waals surface area (Å²) in [7, 11) is 0. The molecular formula is C8H10ClNS. The first-order chi connectivity index (χ1) is 5.20. The van der Waals surface area contributed by atoms with E-state index in [1.54, 1.807) is 17.5 Å². The van der Waals surface area contributed by atoms with Gasteiger partial charge in [-0.2, -0.15) is 0 Å². The minimum atomic E-state index is 0.0962. The minimum absolute atomic E-state index is 0.0962. The third-order valence-corrected chi connectivity index (χ3v) is 2.50. The molecule has 0 saturated carbocycles. The van der Waals surface area contributed by atoms with E-state index in [1.807, 2.05) is 25.3 Å². The molecule has 0 bridgehead atoms. The second kappa shape index (κ2) is 3.88. The fourth-order valence-electron chi connectivity index (χ4n) is 0.615. The van der Waals surface area contributed by atoms with Gasteiger partial charge in [-0.1, -0.05) is 5.57 Å². The lowest BCUT2D eigenvalue weighted by Crippen LogP contribution is -1.90. The molecule has 11 heavy (non-hydrogen) atoms. The van der Waals surface area contributed by atoms with Crippen LogP contribution in [0.5, 0.6) is 0 Å². The van der Waals surface area contributed by atoms with Crippen LogP contribution in [0.3, 0.4) is 0 Å². The lowest BCUT2D eigenvalue weighted by Gasteiger charge is -1.99. The Kier molecular flexibility index (Phi) is 3.09. The maximum atomic E-state index is 5.85. The average molecular weight is 188 g/mol. The highest BCUT2D eigenvalue weighted by Crippen LogP contribution is 2.14. The summed E-state index contributed by atoms with van der Waals surface area (Å²) in [5.41, 5.74) is 1.15. The van der Waals surface area contributed by atoms with Crippen molar-refractivity contribution < 1.29 is 0 Å². The number of nitrogens with zero attached hydrogens (tertiary/aromatic N) is 1. The molecule has 0 fully saturated rings. The van der Waals surface area contributed by atoms with Crippen LogP contribution in [-0.2, 0) is 0 Å². The van der Waals surface area contributed by atoms with Gasteiger partial charge in [0.2, 0.25) is 0 Å². The molecule has 1 heterocycles. The van der Waals surface area contributed by atoms with Crippen molar-refractivity contribution in [3.63, 3.8) is 0 Å². The van der Waals surface area contributed by atoms with Gasteiger partial charge < -0.3 is 0 Å². The number of hydrogen-bond acceptors (Lipinski definition) is 2. The summed E-state index contributed by atoms with van der Waals surface area (Å²) in [5, 5.41) is 3.08. The summed E-state index contributed by atoms with van der Waals surface area (Å²) < 4.78 is 0. The predicted octanol–water partition coefficient (Wildman–Crippen LogP) is 3.17. The van der Waals surface area contributed by atoms with Crippen LogP contribution in [0.4, 0.5) is 0 Å². The summed E-state index contributed by atoms with van der Waals surface area (Å²) in [6.45, 7) is 3.97. The van der Waals surface area contributed by atoms with Crippen molar-refractivity contribution >= 4 is 29.0 Å². The van der Waals surface area contributed by atoms with Crippen molar-refractivity contribution in [1.29, 1.82) is 0 Å². The van der Waals surface area contributed by atoms with E-state index in [0.29, 0.717) is 0 Å². The second-order valence-electron chi connectivity index (χ2n) is 2.37. The number of allylic oxidation sites excluding steroid dienone is 1. The maximum Gasteiger partial charge on any atom is 0.115 e. The summed E-state index contributed by atoms with van der Waals surface area (Å²) >= 11 is 7.48. The van der Waals surface area contributed by atoms with Crippen molar-refractivity contribution in [2.24, 2.45) is 0 Å². The van der Waals surface area contributed by atoms with Gasteiger partial charge in [0, 0.05) is 11.6 Å². The molecule has 0 aromatic carbocycles. The lowest BCUT2D eigenvalue weighted by atomic mass is 10.2. The first-order valence-electron chi connectivity index (χ1n) is 3.42. The van der Waals surface area contributed by atoms with Gasteiger partial charge in [-0.25, -0.2) is 4.98 Å². The summed E-state index contributed by atoms with van der Waals surface area (Å²) in [6, 6.07) is 0. The zero-order valence-electron chi connectivity index (χ0n) is 6.54. The molecule has 1 atom stereocenters. The molecule has 0 N–H and O–H groups in total. The highest BCUT2D eigenvalue weighted by Gasteiger charge is 1.98. The van der Waals surface area contributed by atoms with E-state index >= 15 is 0 Å². The molecule has 0 aliphatic rings. The van der Waals surface area contributed by atoms with Crippen LogP contribution >= 0.6 is 22.9 Å². The highest BCUT2D eigenvalue weighted by molar-refractivity contribution is 7.10. The van der Waals surface area contributed by atoms with Crippen molar-refractivity contribution in [1.82, 2.24) is 4.98 Å². The first kappa shape index (κ1) is 8.75. The van der Waals surface area contributed by atoms with Crippen LogP contribution in [0.2, 0.25) is 0 Å². The lowest BCUT2D eigenvalue weighted by molar-refractivity contribution is 1.12. The number of halogens is 1. The first-order valence-corrected chi connectivity index (χ1v) is 4.73. The number of alkyl halides is 1. The molecule has 0 spiro atoms. The number of hydrogen-bond donors (Lipinski definition) is 0. The molecule has 1 aromatic rings. The van der Waals surface area contributed by atoms with E-state index in [9.17, 15) is 0 Å². The average Bonchev–Trinajstić information content (AvgIpc) is 2.39. The Bertz CT molecular complexity index is 239. The Labute approximate surface area is 75.7 Å². The standard InChI is InChI=1S/C8H10ClNS/c1-6(7(2)9)5-8-10-3-4-11-8/h3-5,7H,1-2H3/b6-5+. The molecule has 0 aliphatic carbocycles. The topological polar surface area (TPSA) is 12.9 Å². The number of rotatable bonds is 2. The van der Waals surface area contributed by atoms with Crippen LogP contribution in [0, 0.1) is 0 Å². The van der Waals surface area contributed by atoms with E-state index in [0.717, 1.165) is 10.6 Å². The fourth-order valence-corrected chi connectivity index (χ4v) is 1.32. The molecule has 0 radical (unpaired) electrons. The Balaban J connectivity index is 2.74. The zero-order chi connectivity index (χ0) is 8.27. The highest BCUT2D eigenvalue weighted by atomic mass is 35.5. The van der Waals surface area contributed by atoms with Gasteiger partial charge in [-0.05, 0) is 19.9 Å². The van der Waals surface area contributed by atoms with E-state index < -0.39 is 0 Å². The van der Waals surface area contributed by atoms with E-state index in [2.05, 4.69) is 4.98 Å². The van der Waals surface area contributed by atoms with Crippen LogP contribution in [-0.4, -0.2) is 10.4 Å². The van der Waals surface area contributed by atoms with Gasteiger partial charge in [-0.3, -0.25) is 0 Å². The Morgan fingerprint density at radius 2 is 2.55 bits per heavy atom. The molecule has 3 heteroatoms. The summed E-state index contributed by atoms with van der Waals surface area (Å²) in [6.07, 6.45) is 3.81. The molecule has 0 amide bonds. The van der Waals surface area contributed by atoms with Gasteiger partial charge in [-0.15, -0.1) is 22.9 Å². The minimum Gasteiger partial charge on any atom is -0.245 e. The zero-order valence-corrected chi connectivity index (χ0v) is 8.12. The summed E-state index contributed by atoms with van der Waals surface area (Å²) in [5.74, 6) is 0. The van der Waals surface area contributed by atoms with E-state index in [4.69, 9.17) is 11.6 Å². The van der Waals surface area contributed by atoms with Gasteiger partial charge in [0.1, 0.15) is 5.01 Å². The maximum absolute atomic E-state index is 5.85. The molecule has 1 nitrogen and oxygen atoms in total. The molecule has 1 unspecified atom stereocenters. The molecule has 1 aromatic heterocycles. The van der Waals surface area contributed by atoms with Crippen LogP contribution < -0.4 is 0 Å². The number of aromatic nitrogens is 1. The number of thiazole rings is 1. The van der Waals surface area contributed by atoms with Gasteiger partial charge in [0.25, 0.3) is 0 Å². The molecular weight excluding hydrogens is 178 g/mol. The Hall–Kier alpha value is -0.340. The molecule has 1 rings (SSSR count). The van der Waals surface area contributed by atoms with Crippen molar-refractivity contribution in [3.05, 3.63) is 22.2 Å². The van der Waals surface area contributed by atoms with E-state index in [-0.39, 0.29) is 5.38 Å². The fraction of sp³-hybridized carbons (Fsp3) is 0.375. The molecule has 60 valence electrons. The predicted molar refractivity (Wildman–Crippen MR) is 51.1 cm³/mol. The quantitative estimate of drug-likeness (QED) is 0.649. The van der Waals surface area contributed by atoms with Crippen molar-refractivity contribution in [2.45, 2.75) is 19.2 Å². The Morgan fingerprint density at radius 1 is 1.82 bits per heavy atom. The SMILES string of the molecule is C/C(=C\c1nccs1)C(C)Cl. The normalized spacial score (nSPS) is 15.0. The monoisotopic (exact) mass is 187 g/mol. The van der Waals surface area contributed by atoms with Gasteiger partial charge in [0.15, 0.2) is 0 Å². The Morgan fingerprint density at radius 3 is 3.00 bits per heavy atom. The third-order valence-electron chi connectivity index (χ3n) is 1.43. The molecule has 0 saturated heterocycles. The van der Waals surface area contributed by atoms with E-state index in [1.165, 1.54) is 0 Å². The van der Waals surface area contributed by atoms with Crippen molar-refractivity contribution in [3.8, 4) is 0 Å². The van der Waals surface area contributed by atoms with Gasteiger partial charge in [0.05, 0.1) is 5.38 Å². The largest absolute Gasteiger partial charge is 0.245 e. The van der Waals surface area contributed by atoms with Gasteiger partial charge >= 0.3 is 0 Å². The smallest absolute Gasteiger partial charge is 0.115 e. The second-order valence-corrected chi connectivity index (χ2v) is 3.96. The summed E-state index contributed by atoms with van der Waals surface area (Å²) in [4.78, 5) is 4.12. The van der Waals surface area contributed by atoms with Crippen molar-refractivity contribution in [2.75, 3.05) is 0 Å². The molecule has 0 aliphatic heterocycles. The third kappa shape index (κ3) is 2.64. The van der Waals surface area contributed by atoms with Crippen LogP contribution in [0.1, 0.15) is 18.9 Å². The van der Waals surface area contributed by atoms with Crippen LogP contribution in [0.15, 0.2) is 17.2 Å². The van der Waals surface area contributed by atoms with Crippen LogP contribution in [0.25, 0.3) is 6.08 Å².